The summed E-state index contributed by atoms with van der Waals surface area (Å²) in [5.74, 6) is 0.649. The molecule has 2 rings (SSSR count). The molecule has 1 aromatic rings. The molecule has 0 amide bonds. The predicted octanol–water partition coefficient (Wildman–Crippen LogP) is 1.26. The largest absolute Gasteiger partial charge is 0.486 e. The van der Waals surface area contributed by atoms with Crippen LogP contribution in [0.15, 0.2) is 12.1 Å². The lowest BCUT2D eigenvalue weighted by molar-refractivity contribution is -0.386. The van der Waals surface area contributed by atoms with Crippen LogP contribution in [-0.2, 0) is 6.42 Å². The Labute approximate surface area is 98.5 Å². The third kappa shape index (κ3) is 2.47. The van der Waals surface area contributed by atoms with Crippen LogP contribution in [0.25, 0.3) is 0 Å². The summed E-state index contributed by atoms with van der Waals surface area (Å²) in [7, 11) is 0. The lowest BCUT2D eigenvalue weighted by atomic mass is 10.1. The Balaban J connectivity index is 2.44. The van der Waals surface area contributed by atoms with Crippen LogP contribution < -0.4 is 15.2 Å². The van der Waals surface area contributed by atoms with E-state index in [1.54, 1.807) is 6.07 Å². The molecule has 17 heavy (non-hydrogen) atoms. The van der Waals surface area contributed by atoms with Crippen molar-refractivity contribution in [1.29, 1.82) is 0 Å². The average molecular weight is 238 g/mol. The fourth-order valence-corrected chi connectivity index (χ4v) is 1.82. The highest BCUT2D eigenvalue weighted by atomic mass is 16.6. The number of benzene rings is 1. The molecule has 0 aliphatic carbocycles. The molecule has 1 aliphatic rings. The summed E-state index contributed by atoms with van der Waals surface area (Å²) in [6.45, 7) is 2.59. The van der Waals surface area contributed by atoms with Crippen LogP contribution in [0.5, 0.6) is 11.5 Å². The van der Waals surface area contributed by atoms with E-state index in [2.05, 4.69) is 0 Å². The van der Waals surface area contributed by atoms with Crippen molar-refractivity contribution in [2.75, 3.05) is 13.2 Å². The van der Waals surface area contributed by atoms with Crippen molar-refractivity contribution in [3.05, 3.63) is 27.8 Å². The van der Waals surface area contributed by atoms with E-state index in [9.17, 15) is 10.1 Å². The van der Waals surface area contributed by atoms with Crippen molar-refractivity contribution in [2.24, 2.45) is 5.73 Å². The molecule has 0 aromatic heterocycles. The summed E-state index contributed by atoms with van der Waals surface area (Å²) in [4.78, 5) is 10.5. The monoisotopic (exact) mass is 238 g/mol. The van der Waals surface area contributed by atoms with Gasteiger partial charge in [0.1, 0.15) is 13.2 Å². The molecule has 0 fully saturated rings. The van der Waals surface area contributed by atoms with Gasteiger partial charge in [0.15, 0.2) is 5.75 Å². The minimum absolute atomic E-state index is 0.0575. The number of fused-ring (bicyclic) bond motifs is 1. The van der Waals surface area contributed by atoms with Crippen molar-refractivity contribution in [2.45, 2.75) is 19.4 Å². The lowest BCUT2D eigenvalue weighted by Crippen LogP contribution is -2.19. The standard InChI is InChI=1S/C11H14N2O4/c1-7(12)4-8-5-9(13(14)15)11-10(6-8)16-2-3-17-11/h5-7H,2-4,12H2,1H3. The maximum absolute atomic E-state index is 10.9. The Hall–Kier alpha value is -1.82. The normalized spacial score (nSPS) is 15.4. The van der Waals surface area contributed by atoms with Crippen LogP contribution in [0.1, 0.15) is 12.5 Å². The Bertz CT molecular complexity index is 445. The quantitative estimate of drug-likeness (QED) is 0.632. The molecule has 0 spiro atoms. The van der Waals surface area contributed by atoms with Crippen LogP contribution in [0.3, 0.4) is 0 Å². The van der Waals surface area contributed by atoms with E-state index in [4.69, 9.17) is 15.2 Å². The fourth-order valence-electron chi connectivity index (χ4n) is 1.82. The van der Waals surface area contributed by atoms with E-state index in [0.717, 1.165) is 5.56 Å². The van der Waals surface area contributed by atoms with Crippen LogP contribution in [0.4, 0.5) is 5.69 Å². The first-order valence-corrected chi connectivity index (χ1v) is 5.40. The van der Waals surface area contributed by atoms with Crippen molar-refractivity contribution in [3.8, 4) is 11.5 Å². The Morgan fingerprint density at radius 3 is 2.82 bits per heavy atom. The third-order valence-corrected chi connectivity index (χ3v) is 2.44. The van der Waals surface area contributed by atoms with E-state index < -0.39 is 4.92 Å². The molecule has 0 bridgehead atoms. The number of nitrogens with two attached hydrogens (primary N) is 1. The first-order chi connectivity index (χ1) is 8.08. The molecule has 0 saturated carbocycles. The highest BCUT2D eigenvalue weighted by Crippen LogP contribution is 2.40. The molecular formula is C11H14N2O4. The maximum Gasteiger partial charge on any atom is 0.315 e. The van der Waals surface area contributed by atoms with Gasteiger partial charge < -0.3 is 15.2 Å². The molecule has 1 unspecified atom stereocenters. The first-order valence-electron chi connectivity index (χ1n) is 5.40. The Kier molecular flexibility index (Phi) is 3.14. The van der Waals surface area contributed by atoms with Gasteiger partial charge in [0, 0.05) is 12.1 Å². The summed E-state index contributed by atoms with van der Waals surface area (Å²) in [6, 6.07) is 3.19. The van der Waals surface area contributed by atoms with Gasteiger partial charge in [-0.15, -0.1) is 0 Å². The number of nitrogens with zero attached hydrogens (tertiary/aromatic N) is 1. The molecule has 6 heteroatoms. The maximum atomic E-state index is 10.9. The summed E-state index contributed by atoms with van der Waals surface area (Å²) in [5, 5.41) is 10.9. The molecule has 6 nitrogen and oxygen atoms in total. The number of hydrogen-bond acceptors (Lipinski definition) is 5. The van der Waals surface area contributed by atoms with Crippen LogP contribution >= 0.6 is 0 Å². The lowest BCUT2D eigenvalue weighted by Gasteiger charge is -2.19. The molecular weight excluding hydrogens is 224 g/mol. The SMILES string of the molecule is CC(N)Cc1cc2c(c([N+](=O)[O-])c1)OCCO2. The van der Waals surface area contributed by atoms with Crippen LogP contribution in [0.2, 0.25) is 0 Å². The Morgan fingerprint density at radius 1 is 1.47 bits per heavy atom. The van der Waals surface area contributed by atoms with Gasteiger partial charge in [0.25, 0.3) is 0 Å². The highest BCUT2D eigenvalue weighted by molar-refractivity contribution is 5.58. The van der Waals surface area contributed by atoms with Gasteiger partial charge >= 0.3 is 5.69 Å². The summed E-state index contributed by atoms with van der Waals surface area (Å²) in [6.07, 6.45) is 0.567. The molecule has 1 atom stereocenters. The topological polar surface area (TPSA) is 87.6 Å². The second-order valence-corrected chi connectivity index (χ2v) is 4.08. The smallest absolute Gasteiger partial charge is 0.315 e. The number of ether oxygens (including phenoxy) is 2. The number of rotatable bonds is 3. The molecule has 1 heterocycles. The number of hydrogen-bond donors (Lipinski definition) is 1. The molecule has 1 aliphatic heterocycles. The number of nitro groups is 1. The summed E-state index contributed by atoms with van der Waals surface area (Å²) < 4.78 is 10.6. The van der Waals surface area contributed by atoms with Gasteiger partial charge in [-0.3, -0.25) is 10.1 Å². The van der Waals surface area contributed by atoms with Crippen molar-refractivity contribution in [1.82, 2.24) is 0 Å². The second kappa shape index (κ2) is 4.58. The molecule has 0 saturated heterocycles. The first kappa shape index (κ1) is 11.7. The second-order valence-electron chi connectivity index (χ2n) is 4.08. The predicted molar refractivity (Wildman–Crippen MR) is 61.4 cm³/mol. The third-order valence-electron chi connectivity index (χ3n) is 2.44. The fraction of sp³-hybridized carbons (Fsp3) is 0.455. The van der Waals surface area contributed by atoms with Gasteiger partial charge in [-0.1, -0.05) is 0 Å². The van der Waals surface area contributed by atoms with Gasteiger partial charge in [-0.05, 0) is 25.0 Å². The van der Waals surface area contributed by atoms with Gasteiger partial charge in [-0.25, -0.2) is 0 Å². The Morgan fingerprint density at radius 2 is 2.18 bits per heavy atom. The zero-order chi connectivity index (χ0) is 12.4. The van der Waals surface area contributed by atoms with Crippen molar-refractivity contribution < 1.29 is 14.4 Å². The van der Waals surface area contributed by atoms with Gasteiger partial charge in [0.2, 0.25) is 5.75 Å². The van der Waals surface area contributed by atoms with Crippen molar-refractivity contribution in [3.63, 3.8) is 0 Å². The van der Waals surface area contributed by atoms with Gasteiger partial charge in [-0.2, -0.15) is 0 Å². The van der Waals surface area contributed by atoms with Crippen molar-refractivity contribution >= 4 is 5.69 Å². The van der Waals surface area contributed by atoms with E-state index in [0.29, 0.717) is 25.4 Å². The molecule has 92 valence electrons. The summed E-state index contributed by atoms with van der Waals surface area (Å²) in [5.41, 5.74) is 6.42. The van der Waals surface area contributed by atoms with E-state index in [1.807, 2.05) is 6.92 Å². The molecule has 0 radical (unpaired) electrons. The van der Waals surface area contributed by atoms with Crippen LogP contribution in [0, 0.1) is 10.1 Å². The van der Waals surface area contributed by atoms with E-state index in [1.165, 1.54) is 6.07 Å². The van der Waals surface area contributed by atoms with Gasteiger partial charge in [0.05, 0.1) is 4.92 Å². The minimum atomic E-state index is -0.460. The van der Waals surface area contributed by atoms with E-state index >= 15 is 0 Å². The molecule has 2 N–H and O–H groups in total. The molecule has 1 aromatic carbocycles. The average Bonchev–Trinajstić information content (AvgIpc) is 2.27. The van der Waals surface area contributed by atoms with Crippen LogP contribution in [-0.4, -0.2) is 24.2 Å². The zero-order valence-corrected chi connectivity index (χ0v) is 9.51. The number of nitro benzene ring substituents is 1. The highest BCUT2D eigenvalue weighted by Gasteiger charge is 2.25. The minimum Gasteiger partial charge on any atom is -0.486 e. The zero-order valence-electron chi connectivity index (χ0n) is 9.51. The summed E-state index contributed by atoms with van der Waals surface area (Å²) >= 11 is 0. The van der Waals surface area contributed by atoms with E-state index in [-0.39, 0.29) is 17.5 Å².